The lowest BCUT2D eigenvalue weighted by molar-refractivity contribution is -0.123. The van der Waals surface area contributed by atoms with Crippen molar-refractivity contribution in [3.63, 3.8) is 0 Å². The molecule has 0 atom stereocenters. The molecule has 0 spiro atoms. The smallest absolute Gasteiger partial charge is 0.220 e. The summed E-state index contributed by atoms with van der Waals surface area (Å²) in [7, 11) is 0. The lowest BCUT2D eigenvalue weighted by atomic mass is 10.0. The van der Waals surface area contributed by atoms with Gasteiger partial charge >= 0.3 is 0 Å². The maximum absolute atomic E-state index is 11.4. The van der Waals surface area contributed by atoms with Crippen LogP contribution in [-0.2, 0) is 9.59 Å². The van der Waals surface area contributed by atoms with Crippen molar-refractivity contribution in [2.45, 2.75) is 96.8 Å². The van der Waals surface area contributed by atoms with Crippen LogP contribution in [0, 0.1) is 6.92 Å². The van der Waals surface area contributed by atoms with Gasteiger partial charge in [-0.1, -0.05) is 84.0 Å². The van der Waals surface area contributed by atoms with Gasteiger partial charge in [0.15, 0.2) is 5.78 Å². The van der Waals surface area contributed by atoms with Crippen LogP contribution in [0.25, 0.3) is 0 Å². The second-order valence-electron chi connectivity index (χ2n) is 6.31. The number of ketones is 1. The van der Waals surface area contributed by atoms with Gasteiger partial charge in [0, 0.05) is 13.3 Å². The molecule has 129 valence electrons. The number of rotatable bonds is 16. The number of nitrogens with one attached hydrogen (secondary N) is 1. The molecule has 0 unspecified atom stereocenters. The van der Waals surface area contributed by atoms with E-state index in [1.54, 1.807) is 0 Å². The average Bonchev–Trinajstić information content (AvgIpc) is 2.49. The van der Waals surface area contributed by atoms with Crippen molar-refractivity contribution in [2.24, 2.45) is 0 Å². The van der Waals surface area contributed by atoms with Crippen molar-refractivity contribution in [1.82, 2.24) is 5.32 Å². The van der Waals surface area contributed by atoms with Crippen molar-refractivity contribution < 1.29 is 9.59 Å². The Balaban J connectivity index is 3.11. The summed E-state index contributed by atoms with van der Waals surface area (Å²) in [6.45, 7) is 5.55. The molecule has 0 bridgehead atoms. The first-order chi connectivity index (χ1) is 10.7. The highest BCUT2D eigenvalue weighted by Gasteiger charge is 2.01. The fourth-order valence-electron chi connectivity index (χ4n) is 2.59. The quantitative estimate of drug-likeness (QED) is 0.408. The highest BCUT2D eigenvalue weighted by atomic mass is 16.2. The predicted octanol–water partition coefficient (Wildman–Crippen LogP) is 4.99. The minimum atomic E-state index is -0.237. The van der Waals surface area contributed by atoms with E-state index in [1.807, 2.05) is 0 Å². The molecule has 0 aliphatic heterocycles. The van der Waals surface area contributed by atoms with Gasteiger partial charge in [-0.05, 0) is 6.42 Å². The van der Waals surface area contributed by atoms with Gasteiger partial charge in [-0.2, -0.15) is 0 Å². The van der Waals surface area contributed by atoms with Crippen LogP contribution in [0.1, 0.15) is 96.8 Å². The number of amides is 1. The third-order valence-electron chi connectivity index (χ3n) is 3.99. The zero-order chi connectivity index (χ0) is 16.5. The van der Waals surface area contributed by atoms with E-state index in [0.29, 0.717) is 6.42 Å². The Morgan fingerprint density at radius 2 is 1.14 bits per heavy atom. The second kappa shape index (κ2) is 16.5. The summed E-state index contributed by atoms with van der Waals surface area (Å²) in [4.78, 5) is 22.0. The van der Waals surface area contributed by atoms with Crippen LogP contribution in [-0.4, -0.2) is 18.2 Å². The van der Waals surface area contributed by atoms with Gasteiger partial charge in [-0.25, -0.2) is 0 Å². The van der Waals surface area contributed by atoms with Crippen LogP contribution in [0.2, 0.25) is 0 Å². The van der Waals surface area contributed by atoms with Gasteiger partial charge in [-0.15, -0.1) is 0 Å². The number of carbonyl (C=O) groups excluding carboxylic acids is 2. The molecule has 0 aliphatic carbocycles. The van der Waals surface area contributed by atoms with E-state index in [4.69, 9.17) is 0 Å². The highest BCUT2D eigenvalue weighted by molar-refractivity contribution is 5.88. The first kappa shape index (κ1) is 21.1. The molecule has 0 fully saturated rings. The summed E-state index contributed by atoms with van der Waals surface area (Å²) in [5.41, 5.74) is 0. The van der Waals surface area contributed by atoms with Gasteiger partial charge in [0.05, 0.1) is 6.54 Å². The monoisotopic (exact) mass is 310 g/mol. The fourth-order valence-corrected chi connectivity index (χ4v) is 2.59. The highest BCUT2D eigenvalue weighted by Crippen LogP contribution is 2.12. The standard InChI is InChI=1S/C19H36NO2/c1-3-4-5-6-7-8-9-10-11-12-13-14-15-16-19(22)20-17-18(2)21/h2-17H2,1H3,(H,20,22). The summed E-state index contributed by atoms with van der Waals surface area (Å²) >= 11 is 0. The number of hydrogen-bond donors (Lipinski definition) is 1. The molecule has 0 rings (SSSR count). The van der Waals surface area contributed by atoms with E-state index in [-0.39, 0.29) is 18.2 Å². The number of unbranched alkanes of at least 4 members (excludes halogenated alkanes) is 12. The second-order valence-corrected chi connectivity index (χ2v) is 6.31. The summed E-state index contributed by atoms with van der Waals surface area (Å²) in [5, 5.41) is 2.57. The zero-order valence-electron chi connectivity index (χ0n) is 14.6. The minimum absolute atomic E-state index is 0.0277. The first-order valence-electron chi connectivity index (χ1n) is 9.28. The van der Waals surface area contributed by atoms with E-state index in [2.05, 4.69) is 19.2 Å². The van der Waals surface area contributed by atoms with Gasteiger partial charge in [0.2, 0.25) is 5.91 Å². The van der Waals surface area contributed by atoms with E-state index in [9.17, 15) is 9.59 Å². The first-order valence-corrected chi connectivity index (χ1v) is 9.28. The predicted molar refractivity (Wildman–Crippen MR) is 93.7 cm³/mol. The normalized spacial score (nSPS) is 10.6. The summed E-state index contributed by atoms with van der Waals surface area (Å²) in [5.74, 6) is -0.265. The van der Waals surface area contributed by atoms with Crippen LogP contribution in [0.15, 0.2) is 0 Å². The van der Waals surface area contributed by atoms with Crippen LogP contribution in [0.3, 0.4) is 0 Å². The molecular formula is C19H36NO2. The van der Waals surface area contributed by atoms with Crippen LogP contribution < -0.4 is 5.32 Å². The number of hydrogen-bond acceptors (Lipinski definition) is 2. The van der Waals surface area contributed by atoms with E-state index >= 15 is 0 Å². The van der Waals surface area contributed by atoms with Crippen LogP contribution in [0.5, 0.6) is 0 Å². The molecule has 1 amide bonds. The maximum atomic E-state index is 11.4. The Morgan fingerprint density at radius 1 is 0.727 bits per heavy atom. The van der Waals surface area contributed by atoms with Crippen molar-refractivity contribution in [2.75, 3.05) is 6.54 Å². The molecule has 0 heterocycles. The molecular weight excluding hydrogens is 274 g/mol. The lowest BCUT2D eigenvalue weighted by Crippen LogP contribution is -2.27. The summed E-state index contributed by atoms with van der Waals surface area (Å²) in [6, 6.07) is 0. The van der Waals surface area contributed by atoms with Gasteiger partial charge in [-0.3, -0.25) is 9.59 Å². The fraction of sp³-hybridized carbons (Fsp3) is 0.842. The summed E-state index contributed by atoms with van der Waals surface area (Å²) in [6.07, 6.45) is 17.5. The SMILES string of the molecule is [CH2]C(=O)CNC(=O)CCCCCCCCCCCCCCC. The molecule has 1 radical (unpaired) electrons. The Bertz CT molecular complexity index is 277. The average molecular weight is 311 g/mol. The molecule has 0 saturated carbocycles. The molecule has 0 aromatic heterocycles. The molecule has 3 nitrogen and oxygen atoms in total. The van der Waals surface area contributed by atoms with Crippen LogP contribution >= 0.6 is 0 Å². The number of carbonyl (C=O) groups is 2. The molecule has 3 heteroatoms. The molecule has 0 aromatic carbocycles. The Hall–Kier alpha value is -0.860. The molecule has 22 heavy (non-hydrogen) atoms. The van der Waals surface area contributed by atoms with E-state index in [1.165, 1.54) is 70.6 Å². The Labute approximate surface area is 137 Å². The van der Waals surface area contributed by atoms with Crippen molar-refractivity contribution in [3.05, 3.63) is 6.92 Å². The topological polar surface area (TPSA) is 46.2 Å². The molecule has 0 saturated heterocycles. The largest absolute Gasteiger partial charge is 0.349 e. The molecule has 0 aromatic rings. The number of Topliss-reactive ketones (excluding diaryl/α,β-unsaturated/α-hetero) is 1. The minimum Gasteiger partial charge on any atom is -0.349 e. The molecule has 1 N–H and O–H groups in total. The Morgan fingerprint density at radius 3 is 1.55 bits per heavy atom. The molecule has 0 aliphatic rings. The van der Waals surface area contributed by atoms with Gasteiger partial charge in [0.1, 0.15) is 0 Å². The third-order valence-corrected chi connectivity index (χ3v) is 3.99. The summed E-state index contributed by atoms with van der Waals surface area (Å²) < 4.78 is 0. The van der Waals surface area contributed by atoms with Crippen molar-refractivity contribution >= 4 is 11.7 Å². The third kappa shape index (κ3) is 17.2. The van der Waals surface area contributed by atoms with Gasteiger partial charge < -0.3 is 5.32 Å². The van der Waals surface area contributed by atoms with E-state index in [0.717, 1.165) is 12.8 Å². The van der Waals surface area contributed by atoms with E-state index < -0.39 is 0 Å². The van der Waals surface area contributed by atoms with Crippen molar-refractivity contribution in [1.29, 1.82) is 0 Å². The Kier molecular flexibility index (Phi) is 15.9. The van der Waals surface area contributed by atoms with Gasteiger partial charge in [0.25, 0.3) is 0 Å². The lowest BCUT2D eigenvalue weighted by Gasteiger charge is -2.04. The zero-order valence-corrected chi connectivity index (χ0v) is 14.6. The van der Waals surface area contributed by atoms with Crippen molar-refractivity contribution in [3.8, 4) is 0 Å². The maximum Gasteiger partial charge on any atom is 0.220 e. The van der Waals surface area contributed by atoms with Crippen LogP contribution in [0.4, 0.5) is 0 Å².